The maximum absolute atomic E-state index is 14.8. The predicted molar refractivity (Wildman–Crippen MR) is 178 cm³/mol. The Balaban J connectivity index is 1.18. The average Bonchev–Trinajstić information content (AvgIpc) is 3.77. The minimum atomic E-state index is -2.15. The quantitative estimate of drug-likeness (QED) is 0.308. The number of carbonyl (C=O) groups is 3. The van der Waals surface area contributed by atoms with Crippen LogP contribution in [0, 0.1) is 5.92 Å². The number of hydrogen-bond donors (Lipinski definition) is 4. The Hall–Kier alpha value is -4.03. The molecule has 4 N–H and O–H groups in total. The first-order valence-corrected chi connectivity index (χ1v) is 17.1. The highest BCUT2D eigenvalue weighted by Crippen LogP contribution is 2.48. The van der Waals surface area contributed by atoms with Crippen molar-refractivity contribution < 1.29 is 29.3 Å². The highest BCUT2D eigenvalue weighted by molar-refractivity contribution is 6.02. The monoisotopic (exact) mass is 653 g/mol. The van der Waals surface area contributed by atoms with Crippen molar-refractivity contribution in [3.05, 3.63) is 77.5 Å². The summed E-state index contributed by atoms with van der Waals surface area (Å²) in [5, 5.41) is 28.5. The predicted octanol–water partition coefficient (Wildman–Crippen LogP) is 2.52. The Kier molecular flexibility index (Phi) is 7.16. The van der Waals surface area contributed by atoms with Gasteiger partial charge in [-0.15, -0.1) is 0 Å². The van der Waals surface area contributed by atoms with E-state index in [1.807, 2.05) is 80.5 Å². The molecule has 1 aliphatic carbocycles. The van der Waals surface area contributed by atoms with Crippen LogP contribution in [0.1, 0.15) is 56.2 Å². The molecule has 0 radical (unpaired) electrons. The van der Waals surface area contributed by atoms with Gasteiger partial charge in [-0.3, -0.25) is 28.9 Å². The summed E-state index contributed by atoms with van der Waals surface area (Å²) in [6.07, 6.45) is 6.23. The standard InChI is InChI=1S/C37H43N5O6/c1-22(2)14-15-36(34(45)42-29(17-23-9-5-4-6-10-23)32(43)41-16-8-13-30(41)37(42,47)48-36)39-33(44)35(46)19-26-25-11-7-12-27-31(25)24(20-38-27)18-28(26)40(3)21-35/h4-7,9-12,19-20,22,28-30,38,46-47H,8,13-18,21H2,1-3H3,(H,39,44)/t28-,29+,30+,35+,36-,37+/m1/s1. The number of aromatic nitrogens is 1. The number of nitrogens with one attached hydrogen (secondary N) is 2. The lowest BCUT2D eigenvalue weighted by atomic mass is 9.78. The van der Waals surface area contributed by atoms with E-state index in [1.165, 1.54) is 10.5 Å². The lowest BCUT2D eigenvalue weighted by molar-refractivity contribution is -0.318. The number of aromatic amines is 1. The van der Waals surface area contributed by atoms with Crippen molar-refractivity contribution in [2.75, 3.05) is 20.1 Å². The molecule has 3 saturated heterocycles. The molecule has 11 nitrogen and oxygen atoms in total. The molecule has 11 heteroatoms. The van der Waals surface area contributed by atoms with Gasteiger partial charge in [0.25, 0.3) is 17.7 Å². The van der Waals surface area contributed by atoms with E-state index in [0.29, 0.717) is 25.8 Å². The third-order valence-corrected chi connectivity index (χ3v) is 11.1. The van der Waals surface area contributed by atoms with Gasteiger partial charge >= 0.3 is 0 Å². The molecular formula is C37H43N5O6. The average molecular weight is 654 g/mol. The highest BCUT2D eigenvalue weighted by Gasteiger charge is 2.71. The maximum Gasteiger partial charge on any atom is 0.281 e. The number of ether oxygens (including phenoxy) is 1. The van der Waals surface area contributed by atoms with Gasteiger partial charge in [0.15, 0.2) is 5.60 Å². The van der Waals surface area contributed by atoms with Gasteiger partial charge in [0.1, 0.15) is 12.1 Å². The van der Waals surface area contributed by atoms with E-state index in [0.717, 1.165) is 34.0 Å². The largest absolute Gasteiger partial charge is 0.375 e. The summed E-state index contributed by atoms with van der Waals surface area (Å²) in [4.78, 5) is 51.4. The van der Waals surface area contributed by atoms with E-state index in [1.54, 1.807) is 11.0 Å². The Morgan fingerprint density at radius 2 is 1.92 bits per heavy atom. The number of H-pyrrole nitrogens is 1. The Morgan fingerprint density at radius 1 is 1.12 bits per heavy atom. The van der Waals surface area contributed by atoms with Crippen LogP contribution in [0.25, 0.3) is 16.5 Å². The summed E-state index contributed by atoms with van der Waals surface area (Å²) >= 11 is 0. The first kappa shape index (κ1) is 31.3. The third kappa shape index (κ3) is 4.58. The van der Waals surface area contributed by atoms with Crippen molar-refractivity contribution in [3.63, 3.8) is 0 Å². The van der Waals surface area contributed by atoms with Gasteiger partial charge in [0.2, 0.25) is 11.6 Å². The van der Waals surface area contributed by atoms with Gasteiger partial charge in [-0.2, -0.15) is 0 Å². The van der Waals surface area contributed by atoms with E-state index in [4.69, 9.17) is 4.74 Å². The molecular weight excluding hydrogens is 610 g/mol. The van der Waals surface area contributed by atoms with E-state index < -0.39 is 41.1 Å². The number of rotatable bonds is 7. The molecule has 0 unspecified atom stereocenters. The minimum absolute atomic E-state index is 0.00329. The first-order valence-electron chi connectivity index (χ1n) is 17.1. The van der Waals surface area contributed by atoms with Gasteiger partial charge in [0, 0.05) is 49.1 Å². The molecule has 0 saturated carbocycles. The molecule has 3 aromatic rings. The first-order chi connectivity index (χ1) is 22.9. The third-order valence-electron chi connectivity index (χ3n) is 11.1. The molecule has 8 rings (SSSR count). The second-order valence-electron chi connectivity index (χ2n) is 14.7. The summed E-state index contributed by atoms with van der Waals surface area (Å²) in [5.74, 6) is -3.71. The normalized spacial score (nSPS) is 32.8. The number of carbonyl (C=O) groups excluding carboxylic acids is 3. The zero-order valence-electron chi connectivity index (χ0n) is 27.6. The number of piperazine rings is 1. The lowest BCUT2D eigenvalue weighted by Crippen LogP contribution is -2.71. The molecule has 1 aromatic heterocycles. The topological polar surface area (TPSA) is 138 Å². The number of likely N-dealkylation sites (N-methyl/N-ethyl adjacent to an activating group) is 1. The van der Waals surface area contributed by atoms with E-state index in [2.05, 4.69) is 10.3 Å². The summed E-state index contributed by atoms with van der Waals surface area (Å²) < 4.78 is 6.51. The van der Waals surface area contributed by atoms with Crippen molar-refractivity contribution in [3.8, 4) is 0 Å². The zero-order valence-corrected chi connectivity index (χ0v) is 27.6. The second-order valence-corrected chi connectivity index (χ2v) is 14.7. The Labute approximate surface area is 279 Å². The van der Waals surface area contributed by atoms with Crippen LogP contribution in [0.2, 0.25) is 0 Å². The van der Waals surface area contributed by atoms with Crippen LogP contribution in [0.5, 0.6) is 0 Å². The number of β-amino-alcohol motifs (C(OH)–C–C–N with tert-alkyl or cyclic N) is 1. The maximum atomic E-state index is 14.8. The fraction of sp³-hybridized carbons (Fsp3) is 0.486. The molecule has 4 aliphatic heterocycles. The number of amides is 3. The molecule has 2 aromatic carbocycles. The van der Waals surface area contributed by atoms with Crippen molar-refractivity contribution in [2.45, 2.75) is 87.7 Å². The molecule has 0 bridgehead atoms. The zero-order chi connectivity index (χ0) is 33.6. The van der Waals surface area contributed by atoms with Crippen LogP contribution in [0.15, 0.2) is 60.8 Å². The molecule has 6 atom stereocenters. The Bertz CT molecular complexity index is 1840. The van der Waals surface area contributed by atoms with E-state index in [9.17, 15) is 24.6 Å². The fourth-order valence-electron chi connectivity index (χ4n) is 8.76. The van der Waals surface area contributed by atoms with Crippen LogP contribution in [-0.4, -0.2) is 103 Å². The van der Waals surface area contributed by atoms with Crippen molar-refractivity contribution >= 4 is 34.2 Å². The van der Waals surface area contributed by atoms with Crippen molar-refractivity contribution in [1.82, 2.24) is 25.0 Å². The van der Waals surface area contributed by atoms with Crippen LogP contribution in [-0.2, 0) is 32.0 Å². The number of aliphatic hydroxyl groups is 2. The van der Waals surface area contributed by atoms with Gasteiger partial charge in [-0.1, -0.05) is 56.3 Å². The minimum Gasteiger partial charge on any atom is -0.375 e. The molecule has 3 amide bonds. The molecule has 0 spiro atoms. The van der Waals surface area contributed by atoms with Gasteiger partial charge in [-0.25, -0.2) is 0 Å². The van der Waals surface area contributed by atoms with Crippen LogP contribution in [0.4, 0.5) is 0 Å². The van der Waals surface area contributed by atoms with E-state index in [-0.39, 0.29) is 37.3 Å². The van der Waals surface area contributed by atoms with Crippen LogP contribution >= 0.6 is 0 Å². The van der Waals surface area contributed by atoms with Crippen molar-refractivity contribution in [2.24, 2.45) is 5.92 Å². The summed E-state index contributed by atoms with van der Waals surface area (Å²) in [6, 6.07) is 13.5. The van der Waals surface area contributed by atoms with Crippen LogP contribution in [0.3, 0.4) is 0 Å². The number of fused-ring (bicyclic) bond motifs is 5. The molecule has 48 heavy (non-hydrogen) atoms. The number of hydrogen-bond acceptors (Lipinski definition) is 7. The highest BCUT2D eigenvalue weighted by atomic mass is 16.7. The molecule has 5 aliphatic rings. The second kappa shape index (κ2) is 11.0. The molecule has 252 valence electrons. The van der Waals surface area contributed by atoms with Gasteiger partial charge in [0.05, 0.1) is 0 Å². The van der Waals surface area contributed by atoms with Gasteiger partial charge in [-0.05, 0) is 73.1 Å². The number of benzene rings is 2. The fourth-order valence-corrected chi connectivity index (χ4v) is 8.76. The van der Waals surface area contributed by atoms with E-state index >= 15 is 0 Å². The summed E-state index contributed by atoms with van der Waals surface area (Å²) in [6.45, 7) is 4.45. The Morgan fingerprint density at radius 3 is 2.69 bits per heavy atom. The summed E-state index contributed by atoms with van der Waals surface area (Å²) in [7, 11) is 1.89. The van der Waals surface area contributed by atoms with Crippen molar-refractivity contribution in [1.29, 1.82) is 0 Å². The van der Waals surface area contributed by atoms with Crippen LogP contribution < -0.4 is 5.32 Å². The lowest BCUT2D eigenvalue weighted by Gasteiger charge is -2.48. The molecule has 5 heterocycles. The smallest absolute Gasteiger partial charge is 0.281 e. The number of nitrogens with zero attached hydrogens (tertiary/aromatic N) is 3. The van der Waals surface area contributed by atoms with Gasteiger partial charge < -0.3 is 25.4 Å². The SMILES string of the molecule is CC(C)CC[C@@]1(NC(=O)[C@]2(O)C=C3c4cccc5[nH]cc(c45)C[C@H]3N(C)C2)O[C@@]2(O)[C@@H]3CCCN3C(=O)[C@H](Cc3ccccc3)N2C1=O. The molecule has 3 fully saturated rings. The summed E-state index contributed by atoms with van der Waals surface area (Å²) in [5.41, 5.74) is 0.819.